The molecular weight excluding hydrogens is 342 g/mol. The molecule has 4 rings (SSSR count). The number of benzene rings is 1. The molecule has 0 spiro atoms. The van der Waals surface area contributed by atoms with Crippen LogP contribution in [0.15, 0.2) is 18.2 Å². The van der Waals surface area contributed by atoms with E-state index in [1.807, 2.05) is 17.0 Å². The Morgan fingerprint density at radius 2 is 1.89 bits per heavy atom. The molecule has 146 valence electrons. The first-order valence-electron chi connectivity index (χ1n) is 10.2. The molecule has 0 aliphatic carbocycles. The fraction of sp³-hybridized carbons (Fsp3) is 0.619. The maximum Gasteiger partial charge on any atom is 0.254 e. The largest absolute Gasteiger partial charge is 0.381 e. The topological polar surface area (TPSA) is 61.9 Å². The van der Waals surface area contributed by atoms with E-state index in [0.717, 1.165) is 50.1 Å². The molecule has 2 saturated heterocycles. The monoisotopic (exact) mass is 371 g/mol. The van der Waals surface area contributed by atoms with Crippen molar-refractivity contribution in [2.75, 3.05) is 39.4 Å². The molecule has 0 unspecified atom stereocenters. The first kappa shape index (κ1) is 18.4. The minimum atomic E-state index is -0.0519. The Labute approximate surface area is 160 Å². The van der Waals surface area contributed by atoms with Crippen molar-refractivity contribution < 1.29 is 14.3 Å². The molecule has 0 atom stereocenters. The molecule has 1 N–H and O–H groups in total. The van der Waals surface area contributed by atoms with E-state index in [1.54, 1.807) is 6.07 Å². The Morgan fingerprint density at radius 3 is 2.67 bits per heavy atom. The van der Waals surface area contributed by atoms with E-state index in [1.165, 1.54) is 19.3 Å². The maximum absolute atomic E-state index is 12.7. The summed E-state index contributed by atoms with van der Waals surface area (Å²) in [5, 5.41) is 3.09. The van der Waals surface area contributed by atoms with Gasteiger partial charge in [-0.3, -0.25) is 9.59 Å². The molecule has 3 aliphatic rings. The van der Waals surface area contributed by atoms with Crippen molar-refractivity contribution in [2.45, 2.75) is 44.7 Å². The molecule has 1 aromatic carbocycles. The number of fused-ring (bicyclic) bond motifs is 1. The third-order valence-electron chi connectivity index (χ3n) is 5.94. The minimum Gasteiger partial charge on any atom is -0.381 e. The second kappa shape index (κ2) is 8.40. The van der Waals surface area contributed by atoms with Crippen molar-refractivity contribution in [3.8, 4) is 0 Å². The molecule has 6 nitrogen and oxygen atoms in total. The second-order valence-corrected chi connectivity index (χ2v) is 7.86. The van der Waals surface area contributed by atoms with Gasteiger partial charge in [0, 0.05) is 50.0 Å². The number of carbonyl (C=O) groups excluding carboxylic acids is 2. The number of carbonyl (C=O) groups is 2. The quantitative estimate of drug-likeness (QED) is 0.860. The van der Waals surface area contributed by atoms with E-state index >= 15 is 0 Å². The number of hydrogen-bond acceptors (Lipinski definition) is 4. The number of likely N-dealkylation sites (tertiary alicyclic amines) is 1. The van der Waals surface area contributed by atoms with Gasteiger partial charge in [0.1, 0.15) is 0 Å². The fourth-order valence-corrected chi connectivity index (χ4v) is 4.26. The highest BCUT2D eigenvalue weighted by molar-refractivity contribution is 6.01. The molecule has 6 heteroatoms. The number of piperidine rings is 1. The van der Waals surface area contributed by atoms with E-state index in [9.17, 15) is 9.59 Å². The summed E-state index contributed by atoms with van der Waals surface area (Å²) in [6.45, 7) is 6.01. The molecule has 0 saturated carbocycles. The van der Waals surface area contributed by atoms with Crippen LogP contribution in [0, 0.1) is 0 Å². The van der Waals surface area contributed by atoms with E-state index in [0.29, 0.717) is 25.3 Å². The van der Waals surface area contributed by atoms with Crippen LogP contribution in [0.2, 0.25) is 0 Å². The molecule has 0 bridgehead atoms. The summed E-state index contributed by atoms with van der Waals surface area (Å²) in [6, 6.07) is 5.67. The van der Waals surface area contributed by atoms with Crippen LogP contribution in [-0.4, -0.2) is 67.0 Å². The highest BCUT2D eigenvalue weighted by atomic mass is 16.5. The molecule has 3 heterocycles. The predicted octanol–water partition coefficient (Wildman–Crippen LogP) is 2.04. The lowest BCUT2D eigenvalue weighted by Gasteiger charge is -2.28. The van der Waals surface area contributed by atoms with Crippen molar-refractivity contribution >= 4 is 11.8 Å². The summed E-state index contributed by atoms with van der Waals surface area (Å²) in [4.78, 5) is 29.6. The Kier molecular flexibility index (Phi) is 5.74. The lowest BCUT2D eigenvalue weighted by molar-refractivity contribution is 0.0695. The summed E-state index contributed by atoms with van der Waals surface area (Å²) in [7, 11) is 0. The molecule has 0 aromatic heterocycles. The Hall–Kier alpha value is -1.92. The van der Waals surface area contributed by atoms with Crippen molar-refractivity contribution in [1.82, 2.24) is 15.1 Å². The van der Waals surface area contributed by atoms with Gasteiger partial charge in [0.15, 0.2) is 0 Å². The number of hydrogen-bond donors (Lipinski definition) is 1. The Bertz CT molecular complexity index is 694. The molecule has 3 aliphatic heterocycles. The van der Waals surface area contributed by atoms with E-state index in [4.69, 9.17) is 4.74 Å². The van der Waals surface area contributed by atoms with Gasteiger partial charge < -0.3 is 19.9 Å². The molecule has 27 heavy (non-hydrogen) atoms. The van der Waals surface area contributed by atoms with Gasteiger partial charge in [-0.25, -0.2) is 0 Å². The van der Waals surface area contributed by atoms with Crippen molar-refractivity contribution in [2.24, 2.45) is 0 Å². The SMILES string of the molecule is O=C(NC1CCOCC1)c1ccc2c(c1)CN(CCN1CCCCC1)C2=O. The average Bonchev–Trinajstić information content (AvgIpc) is 3.03. The minimum absolute atomic E-state index is 0.0519. The third-order valence-corrected chi connectivity index (χ3v) is 5.94. The molecule has 1 aromatic rings. The molecular formula is C21H29N3O3. The number of nitrogens with one attached hydrogen (secondary N) is 1. The Balaban J connectivity index is 1.35. The molecule has 2 fully saturated rings. The Morgan fingerprint density at radius 1 is 1.11 bits per heavy atom. The fourth-order valence-electron chi connectivity index (χ4n) is 4.26. The zero-order valence-electron chi connectivity index (χ0n) is 15.9. The summed E-state index contributed by atoms with van der Waals surface area (Å²) < 4.78 is 5.34. The smallest absolute Gasteiger partial charge is 0.254 e. The first-order valence-corrected chi connectivity index (χ1v) is 10.2. The van der Waals surface area contributed by atoms with Crippen LogP contribution in [0.5, 0.6) is 0 Å². The standard InChI is InChI=1S/C21H29N3O3/c25-20(22-18-6-12-27-13-7-18)16-4-5-19-17(14-16)15-24(21(19)26)11-10-23-8-2-1-3-9-23/h4-5,14,18H,1-3,6-13,15H2,(H,22,25). The zero-order chi connectivity index (χ0) is 18.6. The summed E-state index contributed by atoms with van der Waals surface area (Å²) in [5.74, 6) is 0.0438. The lowest BCUT2D eigenvalue weighted by Crippen LogP contribution is -2.38. The number of amides is 2. The van der Waals surface area contributed by atoms with Crippen LogP contribution < -0.4 is 5.32 Å². The van der Waals surface area contributed by atoms with Crippen molar-refractivity contribution in [3.63, 3.8) is 0 Å². The van der Waals surface area contributed by atoms with Crippen molar-refractivity contribution in [3.05, 3.63) is 34.9 Å². The average molecular weight is 371 g/mol. The van der Waals surface area contributed by atoms with Gasteiger partial charge in [-0.05, 0) is 62.5 Å². The third kappa shape index (κ3) is 4.33. The normalized spacial score (nSPS) is 21.3. The van der Waals surface area contributed by atoms with Crippen LogP contribution in [-0.2, 0) is 11.3 Å². The van der Waals surface area contributed by atoms with Gasteiger partial charge in [0.2, 0.25) is 0 Å². The lowest BCUT2D eigenvalue weighted by atomic mass is 10.0. The molecule has 0 radical (unpaired) electrons. The van der Waals surface area contributed by atoms with E-state index in [-0.39, 0.29) is 17.9 Å². The van der Waals surface area contributed by atoms with Gasteiger partial charge in [0.05, 0.1) is 0 Å². The van der Waals surface area contributed by atoms with Crippen LogP contribution in [0.3, 0.4) is 0 Å². The van der Waals surface area contributed by atoms with Gasteiger partial charge >= 0.3 is 0 Å². The predicted molar refractivity (Wildman–Crippen MR) is 103 cm³/mol. The summed E-state index contributed by atoms with van der Waals surface area (Å²) >= 11 is 0. The number of rotatable bonds is 5. The molecule has 2 amide bonds. The van der Waals surface area contributed by atoms with Crippen LogP contribution in [0.25, 0.3) is 0 Å². The second-order valence-electron chi connectivity index (χ2n) is 7.86. The number of nitrogens with zero attached hydrogens (tertiary/aromatic N) is 2. The summed E-state index contributed by atoms with van der Waals surface area (Å²) in [5.41, 5.74) is 2.36. The summed E-state index contributed by atoms with van der Waals surface area (Å²) in [6.07, 6.45) is 5.57. The van der Waals surface area contributed by atoms with E-state index in [2.05, 4.69) is 10.2 Å². The maximum atomic E-state index is 12.7. The van der Waals surface area contributed by atoms with Gasteiger partial charge in [-0.1, -0.05) is 6.42 Å². The van der Waals surface area contributed by atoms with Crippen LogP contribution in [0.4, 0.5) is 0 Å². The zero-order valence-corrected chi connectivity index (χ0v) is 15.9. The highest BCUT2D eigenvalue weighted by Crippen LogP contribution is 2.24. The van der Waals surface area contributed by atoms with Gasteiger partial charge in [0.25, 0.3) is 11.8 Å². The van der Waals surface area contributed by atoms with E-state index < -0.39 is 0 Å². The number of ether oxygens (including phenoxy) is 1. The van der Waals surface area contributed by atoms with Crippen LogP contribution >= 0.6 is 0 Å². The van der Waals surface area contributed by atoms with Gasteiger partial charge in [-0.2, -0.15) is 0 Å². The first-order chi connectivity index (χ1) is 13.2. The van der Waals surface area contributed by atoms with Crippen LogP contribution in [0.1, 0.15) is 58.4 Å². The van der Waals surface area contributed by atoms with Crippen molar-refractivity contribution in [1.29, 1.82) is 0 Å². The van der Waals surface area contributed by atoms with Gasteiger partial charge in [-0.15, -0.1) is 0 Å². The highest BCUT2D eigenvalue weighted by Gasteiger charge is 2.28.